The molecule has 1 saturated carbocycles. The van der Waals surface area contributed by atoms with Gasteiger partial charge in [0.25, 0.3) is 0 Å². The van der Waals surface area contributed by atoms with E-state index < -0.39 is 0 Å². The maximum absolute atomic E-state index is 13.0. The first kappa shape index (κ1) is 11.1. The van der Waals surface area contributed by atoms with Crippen LogP contribution >= 0.6 is 0 Å². The number of pyridine rings is 1. The summed E-state index contributed by atoms with van der Waals surface area (Å²) < 4.78 is 13.0. The van der Waals surface area contributed by atoms with Gasteiger partial charge >= 0.3 is 0 Å². The van der Waals surface area contributed by atoms with E-state index in [-0.39, 0.29) is 5.82 Å². The van der Waals surface area contributed by atoms with E-state index >= 15 is 0 Å². The van der Waals surface area contributed by atoms with Crippen LogP contribution in [0.25, 0.3) is 17.2 Å². The largest absolute Gasteiger partial charge is 0.260 e. The topological polar surface area (TPSA) is 12.9 Å². The second kappa shape index (κ2) is 4.37. The minimum absolute atomic E-state index is 0.213. The zero-order chi connectivity index (χ0) is 12.5. The minimum atomic E-state index is -0.213. The van der Waals surface area contributed by atoms with Crippen molar-refractivity contribution in [1.29, 1.82) is 0 Å². The third-order valence-electron chi connectivity index (χ3n) is 3.34. The molecule has 0 unspecified atom stereocenters. The van der Waals surface area contributed by atoms with Crippen molar-refractivity contribution >= 4 is 6.08 Å². The van der Waals surface area contributed by atoms with Gasteiger partial charge in [-0.25, -0.2) is 4.39 Å². The average molecular weight is 239 g/mol. The van der Waals surface area contributed by atoms with Crippen LogP contribution in [0.4, 0.5) is 4.39 Å². The Bertz CT molecular complexity index is 583. The van der Waals surface area contributed by atoms with Crippen molar-refractivity contribution in [3.8, 4) is 11.1 Å². The summed E-state index contributed by atoms with van der Waals surface area (Å²) >= 11 is 0. The summed E-state index contributed by atoms with van der Waals surface area (Å²) in [5, 5.41) is 0. The Morgan fingerprint density at radius 1 is 1.17 bits per heavy atom. The van der Waals surface area contributed by atoms with Gasteiger partial charge in [-0.05, 0) is 42.2 Å². The molecular formula is C16H14FN. The van der Waals surface area contributed by atoms with Crippen molar-refractivity contribution in [1.82, 2.24) is 4.98 Å². The van der Waals surface area contributed by atoms with Crippen LogP contribution in [0, 0.1) is 5.82 Å². The fraction of sp³-hybridized carbons (Fsp3) is 0.188. The molecule has 1 heterocycles. The summed E-state index contributed by atoms with van der Waals surface area (Å²) in [7, 11) is 0. The van der Waals surface area contributed by atoms with Crippen LogP contribution in [0.1, 0.15) is 30.0 Å². The van der Waals surface area contributed by atoms with Crippen molar-refractivity contribution in [3.63, 3.8) is 0 Å². The van der Waals surface area contributed by atoms with Gasteiger partial charge in [-0.3, -0.25) is 4.98 Å². The van der Waals surface area contributed by atoms with Crippen molar-refractivity contribution in [3.05, 3.63) is 60.2 Å². The number of halogens is 1. The second-order valence-corrected chi connectivity index (χ2v) is 4.64. The Morgan fingerprint density at radius 2 is 1.89 bits per heavy atom. The number of aromatic nitrogens is 1. The number of rotatable bonds is 3. The van der Waals surface area contributed by atoms with Gasteiger partial charge in [0.15, 0.2) is 0 Å². The highest BCUT2D eigenvalue weighted by Gasteiger charge is 2.27. The van der Waals surface area contributed by atoms with E-state index in [9.17, 15) is 4.39 Å². The van der Waals surface area contributed by atoms with Crippen LogP contribution in [-0.4, -0.2) is 4.98 Å². The minimum Gasteiger partial charge on any atom is -0.260 e. The van der Waals surface area contributed by atoms with Crippen molar-refractivity contribution in [2.24, 2.45) is 0 Å². The summed E-state index contributed by atoms with van der Waals surface area (Å²) in [6, 6.07) is 8.54. The molecule has 1 fully saturated rings. The highest BCUT2D eigenvalue weighted by Crippen LogP contribution is 2.42. The van der Waals surface area contributed by atoms with Crippen LogP contribution in [0.2, 0.25) is 0 Å². The first-order chi connectivity index (χ1) is 8.79. The van der Waals surface area contributed by atoms with Crippen LogP contribution in [0.15, 0.2) is 43.1 Å². The van der Waals surface area contributed by atoms with Crippen LogP contribution < -0.4 is 0 Å². The molecule has 18 heavy (non-hydrogen) atoms. The molecule has 1 nitrogen and oxygen atoms in total. The SMILES string of the molecule is C=Cc1c(-c2ccc(F)cc2)ccnc1C1CC1. The lowest BCUT2D eigenvalue weighted by Crippen LogP contribution is -1.94. The molecule has 1 aromatic heterocycles. The van der Waals surface area contributed by atoms with Crippen molar-refractivity contribution in [2.75, 3.05) is 0 Å². The Hall–Kier alpha value is -1.96. The van der Waals surface area contributed by atoms with E-state index in [1.807, 2.05) is 18.3 Å². The first-order valence-corrected chi connectivity index (χ1v) is 6.17. The summed E-state index contributed by atoms with van der Waals surface area (Å²) in [6.07, 6.45) is 6.11. The third-order valence-corrected chi connectivity index (χ3v) is 3.34. The number of hydrogen-bond acceptors (Lipinski definition) is 1. The Balaban J connectivity index is 2.13. The fourth-order valence-corrected chi connectivity index (χ4v) is 2.27. The molecule has 0 bridgehead atoms. The predicted molar refractivity (Wildman–Crippen MR) is 71.7 cm³/mol. The van der Waals surface area contributed by atoms with E-state index in [0.29, 0.717) is 5.92 Å². The van der Waals surface area contributed by atoms with Gasteiger partial charge in [-0.15, -0.1) is 0 Å². The Kier molecular flexibility index (Phi) is 2.71. The van der Waals surface area contributed by atoms with Crippen LogP contribution in [-0.2, 0) is 0 Å². The summed E-state index contributed by atoms with van der Waals surface area (Å²) in [5.74, 6) is 0.369. The van der Waals surface area contributed by atoms with E-state index in [0.717, 1.165) is 22.4 Å². The molecule has 0 amide bonds. The van der Waals surface area contributed by atoms with Gasteiger partial charge in [0.2, 0.25) is 0 Å². The second-order valence-electron chi connectivity index (χ2n) is 4.64. The number of hydrogen-bond donors (Lipinski definition) is 0. The average Bonchev–Trinajstić information content (AvgIpc) is 3.23. The molecule has 0 atom stereocenters. The quantitative estimate of drug-likeness (QED) is 0.773. The van der Waals surface area contributed by atoms with E-state index in [1.54, 1.807) is 12.1 Å². The van der Waals surface area contributed by atoms with Crippen molar-refractivity contribution < 1.29 is 4.39 Å². The van der Waals surface area contributed by atoms with Gasteiger partial charge in [-0.1, -0.05) is 24.8 Å². The molecule has 0 N–H and O–H groups in total. The maximum atomic E-state index is 13.0. The van der Waals surface area contributed by atoms with E-state index in [4.69, 9.17) is 0 Å². The first-order valence-electron chi connectivity index (χ1n) is 6.17. The predicted octanol–water partition coefficient (Wildman–Crippen LogP) is 4.41. The van der Waals surface area contributed by atoms with Crippen LogP contribution in [0.3, 0.4) is 0 Å². The molecule has 2 heteroatoms. The molecule has 1 aliphatic rings. The smallest absolute Gasteiger partial charge is 0.123 e. The van der Waals surface area contributed by atoms with Crippen molar-refractivity contribution in [2.45, 2.75) is 18.8 Å². The summed E-state index contributed by atoms with van der Waals surface area (Å²) in [6.45, 7) is 3.89. The lowest BCUT2D eigenvalue weighted by atomic mass is 9.97. The van der Waals surface area contributed by atoms with E-state index in [1.165, 1.54) is 25.0 Å². The lowest BCUT2D eigenvalue weighted by molar-refractivity contribution is 0.628. The molecule has 0 aliphatic heterocycles. The molecule has 0 radical (unpaired) electrons. The zero-order valence-corrected chi connectivity index (χ0v) is 10.1. The molecule has 1 aliphatic carbocycles. The van der Waals surface area contributed by atoms with Gasteiger partial charge < -0.3 is 0 Å². The van der Waals surface area contributed by atoms with Crippen LogP contribution in [0.5, 0.6) is 0 Å². The molecule has 3 rings (SSSR count). The Morgan fingerprint density at radius 3 is 2.50 bits per heavy atom. The molecule has 0 saturated heterocycles. The molecule has 90 valence electrons. The zero-order valence-electron chi connectivity index (χ0n) is 10.1. The summed E-state index contributed by atoms with van der Waals surface area (Å²) in [4.78, 5) is 4.47. The molecule has 0 spiro atoms. The molecule has 1 aromatic carbocycles. The van der Waals surface area contributed by atoms with Gasteiger partial charge in [0, 0.05) is 17.7 Å². The lowest BCUT2D eigenvalue weighted by Gasteiger charge is -2.10. The number of benzene rings is 1. The van der Waals surface area contributed by atoms with Gasteiger partial charge in [0.05, 0.1) is 5.69 Å². The fourth-order valence-electron chi connectivity index (χ4n) is 2.27. The highest BCUT2D eigenvalue weighted by molar-refractivity contribution is 5.76. The molecular weight excluding hydrogens is 225 g/mol. The monoisotopic (exact) mass is 239 g/mol. The third kappa shape index (κ3) is 1.94. The van der Waals surface area contributed by atoms with Gasteiger partial charge in [-0.2, -0.15) is 0 Å². The van der Waals surface area contributed by atoms with Gasteiger partial charge in [0.1, 0.15) is 5.82 Å². The number of nitrogens with zero attached hydrogens (tertiary/aromatic N) is 1. The highest BCUT2D eigenvalue weighted by atomic mass is 19.1. The van der Waals surface area contributed by atoms with E-state index in [2.05, 4.69) is 11.6 Å². The summed E-state index contributed by atoms with van der Waals surface area (Å²) in [5.41, 5.74) is 4.32. The molecule has 2 aromatic rings. The normalized spacial score (nSPS) is 14.5. The Labute approximate surface area is 106 Å². The maximum Gasteiger partial charge on any atom is 0.123 e. The standard InChI is InChI=1S/C16H14FN/c1-2-14-15(11-5-7-13(17)8-6-11)9-10-18-16(14)12-3-4-12/h2,5-10,12H,1,3-4H2.